The molecule has 2 fully saturated rings. The first-order valence-electron chi connectivity index (χ1n) is 10.9. The van der Waals surface area contributed by atoms with Crippen molar-refractivity contribution in [3.8, 4) is 5.75 Å². The quantitative estimate of drug-likeness (QED) is 0.503. The summed E-state index contributed by atoms with van der Waals surface area (Å²) in [6, 6.07) is 14.7. The van der Waals surface area contributed by atoms with E-state index in [0.29, 0.717) is 19.6 Å². The number of nitro groups is 1. The van der Waals surface area contributed by atoms with Crippen LogP contribution in [0.4, 0.5) is 17.1 Å². The highest BCUT2D eigenvalue weighted by molar-refractivity contribution is 5.78. The normalized spacial score (nSPS) is 17.3. The summed E-state index contributed by atoms with van der Waals surface area (Å²) in [6.45, 7) is 6.77. The van der Waals surface area contributed by atoms with E-state index in [0.717, 1.165) is 50.7 Å². The molecule has 0 radical (unpaired) electrons. The van der Waals surface area contributed by atoms with Gasteiger partial charge in [-0.25, -0.2) is 0 Å². The number of nitrogens with zero attached hydrogens (tertiary/aromatic N) is 5. The van der Waals surface area contributed by atoms with Gasteiger partial charge in [-0.15, -0.1) is 0 Å². The average Bonchev–Trinajstić information content (AvgIpc) is 2.85. The zero-order valence-electron chi connectivity index (χ0n) is 18.4. The summed E-state index contributed by atoms with van der Waals surface area (Å²) in [5.74, 6) is 1.03. The lowest BCUT2D eigenvalue weighted by Crippen LogP contribution is -2.54. The van der Waals surface area contributed by atoms with Crippen molar-refractivity contribution < 1.29 is 14.5 Å². The maximum Gasteiger partial charge on any atom is 0.269 e. The van der Waals surface area contributed by atoms with Crippen molar-refractivity contribution >= 4 is 23.0 Å². The van der Waals surface area contributed by atoms with Gasteiger partial charge in [-0.1, -0.05) is 0 Å². The van der Waals surface area contributed by atoms with Crippen LogP contribution < -0.4 is 14.5 Å². The summed E-state index contributed by atoms with van der Waals surface area (Å²) in [6.07, 6.45) is 0. The third-order valence-electron chi connectivity index (χ3n) is 6.23. The smallest absolute Gasteiger partial charge is 0.269 e. The van der Waals surface area contributed by atoms with Gasteiger partial charge in [0.15, 0.2) is 0 Å². The number of methoxy groups -OCH3 is 1. The topological polar surface area (TPSA) is 82.4 Å². The zero-order chi connectivity index (χ0) is 22.5. The number of anilines is 2. The van der Waals surface area contributed by atoms with Crippen LogP contribution in [0.2, 0.25) is 0 Å². The molecule has 0 bridgehead atoms. The summed E-state index contributed by atoms with van der Waals surface area (Å²) >= 11 is 0. The van der Waals surface area contributed by atoms with Gasteiger partial charge in [-0.2, -0.15) is 0 Å². The Hall–Kier alpha value is -3.33. The largest absolute Gasteiger partial charge is 0.497 e. The third kappa shape index (κ3) is 5.11. The van der Waals surface area contributed by atoms with Gasteiger partial charge >= 0.3 is 0 Å². The SMILES string of the molecule is COc1ccc(N2CCN(CC(=O)N3CCN(c4ccc([N+](=O)[O-])cc4)CC3)CC2)cc1. The molecule has 0 N–H and O–H groups in total. The lowest BCUT2D eigenvalue weighted by Gasteiger charge is -2.39. The Bertz CT molecular complexity index is 918. The van der Waals surface area contributed by atoms with E-state index in [1.807, 2.05) is 17.0 Å². The molecule has 9 heteroatoms. The Labute approximate surface area is 187 Å². The molecule has 0 saturated carbocycles. The number of non-ortho nitro benzene ring substituents is 1. The molecule has 0 aromatic heterocycles. The molecular weight excluding hydrogens is 410 g/mol. The van der Waals surface area contributed by atoms with Gasteiger partial charge in [0.2, 0.25) is 5.91 Å². The number of hydrogen-bond donors (Lipinski definition) is 0. The first-order chi connectivity index (χ1) is 15.5. The van der Waals surface area contributed by atoms with Crippen molar-refractivity contribution in [3.63, 3.8) is 0 Å². The first kappa shape index (κ1) is 21.9. The van der Waals surface area contributed by atoms with Crippen LogP contribution >= 0.6 is 0 Å². The van der Waals surface area contributed by atoms with Gasteiger partial charge < -0.3 is 19.4 Å². The Morgan fingerprint density at radius 2 is 1.34 bits per heavy atom. The molecule has 170 valence electrons. The number of piperazine rings is 2. The van der Waals surface area contributed by atoms with Gasteiger partial charge in [0.1, 0.15) is 5.75 Å². The maximum atomic E-state index is 12.8. The molecule has 0 atom stereocenters. The van der Waals surface area contributed by atoms with Gasteiger partial charge in [0.25, 0.3) is 5.69 Å². The molecule has 2 aliphatic rings. The number of carbonyl (C=O) groups is 1. The highest BCUT2D eigenvalue weighted by Crippen LogP contribution is 2.22. The molecular formula is C23H29N5O4. The van der Waals surface area contributed by atoms with E-state index in [2.05, 4.69) is 26.8 Å². The molecule has 0 unspecified atom stereocenters. The number of amides is 1. The van der Waals surface area contributed by atoms with Crippen LogP contribution in [0.15, 0.2) is 48.5 Å². The molecule has 9 nitrogen and oxygen atoms in total. The predicted octanol–water partition coefficient (Wildman–Crippen LogP) is 2.07. The van der Waals surface area contributed by atoms with E-state index in [4.69, 9.17) is 4.74 Å². The van der Waals surface area contributed by atoms with Gasteiger partial charge in [0.05, 0.1) is 18.6 Å². The van der Waals surface area contributed by atoms with Crippen LogP contribution in [0.25, 0.3) is 0 Å². The molecule has 4 rings (SSSR count). The van der Waals surface area contributed by atoms with Crippen molar-refractivity contribution in [2.45, 2.75) is 0 Å². The Morgan fingerprint density at radius 1 is 0.844 bits per heavy atom. The average molecular weight is 440 g/mol. The molecule has 0 aliphatic carbocycles. The second-order valence-corrected chi connectivity index (χ2v) is 8.10. The standard InChI is InChI=1S/C23H29N5O4/c1-32-22-8-6-20(7-9-22)25-12-10-24(11-13-25)18-23(29)27-16-14-26(15-17-27)19-2-4-21(5-3-19)28(30)31/h2-9H,10-18H2,1H3. The van der Waals surface area contributed by atoms with Crippen LogP contribution in [-0.2, 0) is 4.79 Å². The van der Waals surface area contributed by atoms with E-state index in [-0.39, 0.29) is 11.6 Å². The number of ether oxygens (including phenoxy) is 1. The van der Waals surface area contributed by atoms with Crippen LogP contribution in [0, 0.1) is 10.1 Å². The number of hydrogen-bond acceptors (Lipinski definition) is 7. The zero-order valence-corrected chi connectivity index (χ0v) is 18.4. The highest BCUT2D eigenvalue weighted by atomic mass is 16.6. The fourth-order valence-electron chi connectivity index (χ4n) is 4.25. The third-order valence-corrected chi connectivity index (χ3v) is 6.23. The van der Waals surface area contributed by atoms with Crippen LogP contribution in [0.1, 0.15) is 0 Å². The van der Waals surface area contributed by atoms with Crippen molar-refractivity contribution in [3.05, 3.63) is 58.6 Å². The Balaban J connectivity index is 1.22. The van der Waals surface area contributed by atoms with Crippen LogP contribution in [0.3, 0.4) is 0 Å². The molecule has 2 aromatic rings. The Morgan fingerprint density at radius 3 is 1.84 bits per heavy atom. The molecule has 0 spiro atoms. The second kappa shape index (κ2) is 9.86. The van der Waals surface area contributed by atoms with Crippen LogP contribution in [0.5, 0.6) is 5.75 Å². The van der Waals surface area contributed by atoms with Gasteiger partial charge in [-0.05, 0) is 36.4 Å². The molecule has 32 heavy (non-hydrogen) atoms. The minimum Gasteiger partial charge on any atom is -0.497 e. The van der Waals surface area contributed by atoms with E-state index in [9.17, 15) is 14.9 Å². The van der Waals surface area contributed by atoms with E-state index in [1.54, 1.807) is 19.2 Å². The van der Waals surface area contributed by atoms with E-state index in [1.165, 1.54) is 17.8 Å². The van der Waals surface area contributed by atoms with Crippen molar-refractivity contribution in [2.24, 2.45) is 0 Å². The summed E-state index contributed by atoms with van der Waals surface area (Å²) in [5, 5.41) is 10.8. The predicted molar refractivity (Wildman–Crippen MR) is 124 cm³/mol. The summed E-state index contributed by atoms with van der Waals surface area (Å²) in [7, 11) is 1.67. The number of nitro benzene ring substituents is 1. The fourth-order valence-corrected chi connectivity index (χ4v) is 4.25. The van der Waals surface area contributed by atoms with Gasteiger partial charge in [-0.3, -0.25) is 19.8 Å². The summed E-state index contributed by atoms with van der Waals surface area (Å²) in [4.78, 5) is 31.9. The molecule has 2 saturated heterocycles. The molecule has 2 aromatic carbocycles. The van der Waals surface area contributed by atoms with E-state index >= 15 is 0 Å². The number of carbonyl (C=O) groups excluding carboxylic acids is 1. The summed E-state index contributed by atoms with van der Waals surface area (Å²) in [5.41, 5.74) is 2.23. The summed E-state index contributed by atoms with van der Waals surface area (Å²) < 4.78 is 5.22. The highest BCUT2D eigenvalue weighted by Gasteiger charge is 2.25. The lowest BCUT2D eigenvalue weighted by molar-refractivity contribution is -0.384. The van der Waals surface area contributed by atoms with Gasteiger partial charge in [0, 0.05) is 75.9 Å². The van der Waals surface area contributed by atoms with E-state index < -0.39 is 4.92 Å². The second-order valence-electron chi connectivity index (χ2n) is 8.10. The monoisotopic (exact) mass is 439 g/mol. The minimum absolute atomic E-state index is 0.0923. The van der Waals surface area contributed by atoms with Crippen molar-refractivity contribution in [2.75, 3.05) is 75.8 Å². The minimum atomic E-state index is -0.392. The lowest BCUT2D eigenvalue weighted by atomic mass is 10.2. The molecule has 2 aliphatic heterocycles. The first-order valence-corrected chi connectivity index (χ1v) is 10.9. The fraction of sp³-hybridized carbons (Fsp3) is 0.435. The Kier molecular flexibility index (Phi) is 6.75. The van der Waals surface area contributed by atoms with Crippen molar-refractivity contribution in [1.29, 1.82) is 0 Å². The molecule has 1 amide bonds. The van der Waals surface area contributed by atoms with Crippen LogP contribution in [-0.4, -0.2) is 86.6 Å². The molecule has 2 heterocycles. The maximum absolute atomic E-state index is 12.8. The number of benzene rings is 2. The van der Waals surface area contributed by atoms with Crippen molar-refractivity contribution in [1.82, 2.24) is 9.80 Å². The number of rotatable bonds is 6.